The minimum Gasteiger partial charge on any atom is -0.437 e. The van der Waals surface area contributed by atoms with Crippen LogP contribution in [0, 0.1) is 0 Å². The van der Waals surface area contributed by atoms with Crippen molar-refractivity contribution < 1.29 is 9.53 Å². The van der Waals surface area contributed by atoms with E-state index in [-0.39, 0.29) is 17.4 Å². The molecule has 2 aromatic heterocycles. The maximum absolute atomic E-state index is 12.8. The van der Waals surface area contributed by atoms with Crippen LogP contribution >= 0.6 is 0 Å². The third kappa shape index (κ3) is 4.18. The normalized spacial score (nSPS) is 14.6. The quantitative estimate of drug-likeness (QED) is 0.684. The molecular formula is C22H22N4O3. The van der Waals surface area contributed by atoms with Gasteiger partial charge in [0.2, 0.25) is 11.4 Å². The Hall–Kier alpha value is -3.48. The molecule has 7 nitrogen and oxygen atoms in total. The van der Waals surface area contributed by atoms with Gasteiger partial charge < -0.3 is 14.2 Å². The lowest BCUT2D eigenvalue weighted by atomic mass is 9.93. The molecule has 1 aliphatic rings. The number of likely N-dealkylation sites (tertiary alicyclic amines) is 1. The fourth-order valence-electron chi connectivity index (χ4n) is 3.55. The number of amides is 1. The van der Waals surface area contributed by atoms with Gasteiger partial charge in [-0.2, -0.15) is 0 Å². The van der Waals surface area contributed by atoms with E-state index in [9.17, 15) is 9.59 Å². The highest BCUT2D eigenvalue weighted by Gasteiger charge is 2.28. The van der Waals surface area contributed by atoms with Crippen molar-refractivity contribution in [3.63, 3.8) is 0 Å². The topological polar surface area (TPSA) is 77.3 Å². The molecule has 3 heterocycles. The average molecular weight is 390 g/mol. The van der Waals surface area contributed by atoms with Crippen LogP contribution in [0.25, 0.3) is 0 Å². The summed E-state index contributed by atoms with van der Waals surface area (Å²) in [5.74, 6) is 1.35. The Labute approximate surface area is 168 Å². The molecule has 1 aromatic carbocycles. The minimum absolute atomic E-state index is 0.0565. The molecule has 1 amide bonds. The number of aromatic nitrogens is 3. The molecule has 4 rings (SSSR count). The predicted octanol–water partition coefficient (Wildman–Crippen LogP) is 2.99. The first-order chi connectivity index (χ1) is 14.1. The van der Waals surface area contributed by atoms with Gasteiger partial charge in [-0.1, -0.05) is 18.2 Å². The van der Waals surface area contributed by atoms with E-state index >= 15 is 0 Å². The first kappa shape index (κ1) is 18.9. The Balaban J connectivity index is 1.45. The van der Waals surface area contributed by atoms with Crippen LogP contribution in [0.2, 0.25) is 0 Å². The summed E-state index contributed by atoms with van der Waals surface area (Å²) < 4.78 is 7.37. The number of para-hydroxylation sites is 1. The fourth-order valence-corrected chi connectivity index (χ4v) is 3.55. The summed E-state index contributed by atoms with van der Waals surface area (Å²) in [6, 6.07) is 12.5. The van der Waals surface area contributed by atoms with E-state index in [0.29, 0.717) is 24.5 Å². The van der Waals surface area contributed by atoms with Gasteiger partial charge in [0.15, 0.2) is 0 Å². The summed E-state index contributed by atoms with van der Waals surface area (Å²) in [4.78, 5) is 35.0. The molecule has 0 spiro atoms. The van der Waals surface area contributed by atoms with Gasteiger partial charge in [-0.05, 0) is 31.0 Å². The minimum atomic E-state index is -0.131. The van der Waals surface area contributed by atoms with Gasteiger partial charge in [0.1, 0.15) is 11.4 Å². The number of rotatable bonds is 4. The number of carbonyl (C=O) groups excluding carboxylic acids is 1. The van der Waals surface area contributed by atoms with Crippen LogP contribution in [0.3, 0.4) is 0 Å². The fraction of sp³-hybridized carbons (Fsp3) is 0.273. The Kier molecular flexibility index (Phi) is 5.37. The Bertz CT molecular complexity index is 1060. The highest BCUT2D eigenvalue weighted by atomic mass is 16.5. The molecule has 0 radical (unpaired) electrons. The summed E-state index contributed by atoms with van der Waals surface area (Å²) in [5.41, 5.74) is 1.22. The summed E-state index contributed by atoms with van der Waals surface area (Å²) >= 11 is 0. The lowest BCUT2D eigenvalue weighted by Crippen LogP contribution is -2.38. The van der Waals surface area contributed by atoms with Crippen LogP contribution in [0.1, 0.15) is 34.8 Å². The number of nitrogens with zero attached hydrogens (tertiary/aromatic N) is 4. The van der Waals surface area contributed by atoms with Crippen LogP contribution in [0.5, 0.6) is 11.6 Å². The molecule has 0 N–H and O–H groups in total. The first-order valence-corrected chi connectivity index (χ1v) is 9.61. The zero-order valence-electron chi connectivity index (χ0n) is 16.2. The zero-order valence-corrected chi connectivity index (χ0v) is 16.2. The van der Waals surface area contributed by atoms with Crippen molar-refractivity contribution in [2.45, 2.75) is 18.8 Å². The van der Waals surface area contributed by atoms with E-state index in [1.54, 1.807) is 31.7 Å². The number of carbonyl (C=O) groups is 1. The van der Waals surface area contributed by atoms with Crippen molar-refractivity contribution in [3.05, 3.63) is 82.7 Å². The van der Waals surface area contributed by atoms with E-state index in [2.05, 4.69) is 9.97 Å². The van der Waals surface area contributed by atoms with Gasteiger partial charge in [-0.15, -0.1) is 0 Å². The van der Waals surface area contributed by atoms with E-state index < -0.39 is 0 Å². The molecule has 0 atom stereocenters. The maximum atomic E-state index is 12.8. The molecule has 0 bridgehead atoms. The van der Waals surface area contributed by atoms with Crippen LogP contribution in [0.15, 0.2) is 65.8 Å². The smallest absolute Gasteiger partial charge is 0.255 e. The summed E-state index contributed by atoms with van der Waals surface area (Å²) in [6.45, 7) is 1.24. The molecule has 0 aliphatic carbocycles. The SMILES string of the molecule is Cn1cc(C(=O)N2CCC(c3nccnc3Oc3ccccc3)CC2)ccc1=O. The number of piperidine rings is 1. The largest absolute Gasteiger partial charge is 0.437 e. The van der Waals surface area contributed by atoms with Crippen molar-refractivity contribution in [2.75, 3.05) is 13.1 Å². The molecular weight excluding hydrogens is 368 g/mol. The Morgan fingerprint density at radius 2 is 1.76 bits per heavy atom. The standard InChI is InChI=1S/C22H22N4O3/c1-25-15-17(7-8-19(25)27)22(28)26-13-9-16(10-14-26)20-21(24-12-11-23-20)29-18-5-3-2-4-6-18/h2-8,11-12,15-16H,9-10,13-14H2,1H3. The van der Waals surface area contributed by atoms with E-state index in [0.717, 1.165) is 24.3 Å². The van der Waals surface area contributed by atoms with Crippen LogP contribution in [-0.4, -0.2) is 38.4 Å². The molecule has 1 saturated heterocycles. The van der Waals surface area contributed by atoms with Gasteiger partial charge in [0.25, 0.3) is 5.91 Å². The first-order valence-electron chi connectivity index (χ1n) is 9.61. The van der Waals surface area contributed by atoms with Crippen molar-refractivity contribution in [1.29, 1.82) is 0 Å². The van der Waals surface area contributed by atoms with Crippen molar-refractivity contribution in [3.8, 4) is 11.6 Å². The van der Waals surface area contributed by atoms with E-state index in [1.807, 2.05) is 35.2 Å². The average Bonchev–Trinajstić information content (AvgIpc) is 2.76. The molecule has 29 heavy (non-hydrogen) atoms. The molecule has 1 fully saturated rings. The molecule has 3 aromatic rings. The molecule has 7 heteroatoms. The highest BCUT2D eigenvalue weighted by molar-refractivity contribution is 5.94. The number of aryl methyl sites for hydroxylation is 1. The van der Waals surface area contributed by atoms with Gasteiger partial charge >= 0.3 is 0 Å². The summed E-state index contributed by atoms with van der Waals surface area (Å²) in [7, 11) is 1.65. The third-order valence-corrected chi connectivity index (χ3v) is 5.15. The molecule has 0 saturated carbocycles. The van der Waals surface area contributed by atoms with Crippen molar-refractivity contribution in [1.82, 2.24) is 19.4 Å². The third-order valence-electron chi connectivity index (χ3n) is 5.15. The second-order valence-corrected chi connectivity index (χ2v) is 7.10. The monoisotopic (exact) mass is 390 g/mol. The Morgan fingerprint density at radius 1 is 1.03 bits per heavy atom. The van der Waals surface area contributed by atoms with E-state index in [1.165, 1.54) is 10.6 Å². The number of ether oxygens (including phenoxy) is 1. The highest BCUT2D eigenvalue weighted by Crippen LogP contribution is 2.33. The lowest BCUT2D eigenvalue weighted by Gasteiger charge is -2.32. The van der Waals surface area contributed by atoms with Crippen molar-refractivity contribution >= 4 is 5.91 Å². The molecule has 1 aliphatic heterocycles. The lowest BCUT2D eigenvalue weighted by molar-refractivity contribution is 0.0710. The van der Waals surface area contributed by atoms with E-state index in [4.69, 9.17) is 4.74 Å². The second-order valence-electron chi connectivity index (χ2n) is 7.10. The Morgan fingerprint density at radius 3 is 2.48 bits per heavy atom. The molecule has 0 unspecified atom stereocenters. The van der Waals surface area contributed by atoms with Crippen LogP contribution < -0.4 is 10.3 Å². The number of hydrogen-bond donors (Lipinski definition) is 0. The van der Waals surface area contributed by atoms with Gasteiger partial charge in [0, 0.05) is 50.7 Å². The van der Waals surface area contributed by atoms with Gasteiger partial charge in [-0.25, -0.2) is 4.98 Å². The second kappa shape index (κ2) is 8.26. The molecule has 148 valence electrons. The van der Waals surface area contributed by atoms with Gasteiger partial charge in [0.05, 0.1) is 5.56 Å². The number of benzene rings is 1. The number of pyridine rings is 1. The zero-order chi connectivity index (χ0) is 20.2. The van der Waals surface area contributed by atoms with Gasteiger partial charge in [-0.3, -0.25) is 14.6 Å². The van der Waals surface area contributed by atoms with Crippen molar-refractivity contribution in [2.24, 2.45) is 7.05 Å². The van der Waals surface area contributed by atoms with Crippen LogP contribution in [0.4, 0.5) is 0 Å². The van der Waals surface area contributed by atoms with Crippen LogP contribution in [-0.2, 0) is 7.05 Å². The number of hydrogen-bond acceptors (Lipinski definition) is 5. The maximum Gasteiger partial charge on any atom is 0.255 e. The summed E-state index contributed by atoms with van der Waals surface area (Å²) in [6.07, 6.45) is 6.45. The predicted molar refractivity (Wildman–Crippen MR) is 108 cm³/mol. The summed E-state index contributed by atoms with van der Waals surface area (Å²) in [5, 5.41) is 0.